The van der Waals surface area contributed by atoms with Crippen molar-refractivity contribution >= 4 is 0 Å². The number of aliphatic hydroxyl groups is 1. The van der Waals surface area contributed by atoms with Crippen molar-refractivity contribution < 1.29 is 23.0 Å². The molecule has 0 aliphatic rings. The fourth-order valence-corrected chi connectivity index (χ4v) is 1.56. The van der Waals surface area contributed by atoms with E-state index in [9.17, 15) is 13.2 Å². The maximum Gasteiger partial charge on any atom is 0.198 e. The van der Waals surface area contributed by atoms with E-state index >= 15 is 0 Å². The summed E-state index contributed by atoms with van der Waals surface area (Å²) in [5, 5.41) is 8.81. The van der Waals surface area contributed by atoms with Crippen LogP contribution in [-0.4, -0.2) is 5.11 Å². The average molecular weight is 268 g/mol. The van der Waals surface area contributed by atoms with Crippen molar-refractivity contribution in [1.82, 2.24) is 0 Å². The molecule has 19 heavy (non-hydrogen) atoms. The third kappa shape index (κ3) is 2.88. The van der Waals surface area contributed by atoms with Crippen LogP contribution in [0.15, 0.2) is 30.3 Å². The summed E-state index contributed by atoms with van der Waals surface area (Å²) >= 11 is 0. The van der Waals surface area contributed by atoms with E-state index < -0.39 is 29.8 Å². The maximum absolute atomic E-state index is 13.6. The minimum absolute atomic E-state index is 0.00218. The highest BCUT2D eigenvalue weighted by molar-refractivity contribution is 5.37. The summed E-state index contributed by atoms with van der Waals surface area (Å²) in [5.41, 5.74) is 0.501. The molecule has 0 aromatic heterocycles. The van der Waals surface area contributed by atoms with Gasteiger partial charge in [-0.25, -0.2) is 13.2 Å². The third-order valence-electron chi connectivity index (χ3n) is 2.60. The van der Waals surface area contributed by atoms with Crippen LogP contribution in [0.5, 0.6) is 11.5 Å². The van der Waals surface area contributed by atoms with Crippen molar-refractivity contribution in [3.63, 3.8) is 0 Å². The summed E-state index contributed by atoms with van der Waals surface area (Å²) < 4.78 is 45.5. The van der Waals surface area contributed by atoms with E-state index in [1.165, 1.54) is 12.1 Å². The summed E-state index contributed by atoms with van der Waals surface area (Å²) in [6.07, 6.45) is 0. The number of rotatable bonds is 3. The summed E-state index contributed by atoms with van der Waals surface area (Å²) in [5.74, 6) is -3.06. The van der Waals surface area contributed by atoms with Crippen molar-refractivity contribution in [2.75, 3.05) is 0 Å². The summed E-state index contributed by atoms with van der Waals surface area (Å²) in [4.78, 5) is 0. The summed E-state index contributed by atoms with van der Waals surface area (Å²) in [6.45, 7) is 1.09. The van der Waals surface area contributed by atoms with Crippen LogP contribution >= 0.6 is 0 Å². The second kappa shape index (κ2) is 5.32. The number of aryl methyl sites for hydroxylation is 1. The summed E-state index contributed by atoms with van der Waals surface area (Å²) in [7, 11) is 0. The van der Waals surface area contributed by atoms with E-state index in [0.29, 0.717) is 5.56 Å². The predicted octanol–water partition coefficient (Wildman–Crippen LogP) is 3.70. The molecular weight excluding hydrogens is 257 g/mol. The van der Waals surface area contributed by atoms with E-state index in [4.69, 9.17) is 9.84 Å². The molecule has 0 radical (unpaired) electrons. The van der Waals surface area contributed by atoms with Gasteiger partial charge in [0.1, 0.15) is 11.6 Å². The van der Waals surface area contributed by atoms with Crippen LogP contribution in [0.25, 0.3) is 0 Å². The smallest absolute Gasteiger partial charge is 0.198 e. The van der Waals surface area contributed by atoms with Crippen LogP contribution in [0.1, 0.15) is 11.1 Å². The van der Waals surface area contributed by atoms with Crippen molar-refractivity contribution in [3.8, 4) is 11.5 Å². The Kier molecular flexibility index (Phi) is 3.76. The predicted molar refractivity (Wildman–Crippen MR) is 63.5 cm³/mol. The molecule has 0 aliphatic carbocycles. The molecule has 0 aliphatic heterocycles. The second-order valence-electron chi connectivity index (χ2n) is 4.06. The molecule has 0 atom stereocenters. The SMILES string of the molecule is Cc1ccc(Oc2c(F)cc(CO)cc2F)cc1F. The van der Waals surface area contributed by atoms with E-state index in [0.717, 1.165) is 18.2 Å². The molecule has 0 heterocycles. The third-order valence-corrected chi connectivity index (χ3v) is 2.60. The number of halogens is 3. The van der Waals surface area contributed by atoms with E-state index in [2.05, 4.69) is 0 Å². The van der Waals surface area contributed by atoms with Crippen molar-refractivity contribution in [2.24, 2.45) is 0 Å². The zero-order chi connectivity index (χ0) is 14.0. The van der Waals surface area contributed by atoms with E-state index in [1.54, 1.807) is 6.92 Å². The minimum Gasteiger partial charge on any atom is -0.451 e. The molecular formula is C14H11F3O2. The van der Waals surface area contributed by atoms with Gasteiger partial charge in [-0.2, -0.15) is 0 Å². The van der Waals surface area contributed by atoms with Crippen LogP contribution < -0.4 is 4.74 Å². The van der Waals surface area contributed by atoms with Crippen molar-refractivity contribution in [1.29, 1.82) is 0 Å². The standard InChI is InChI=1S/C14H11F3O2/c1-8-2-3-10(6-11(8)15)19-14-12(16)4-9(7-18)5-13(14)17/h2-6,18H,7H2,1H3. The first-order valence-corrected chi connectivity index (χ1v) is 5.54. The van der Waals surface area contributed by atoms with Crippen LogP contribution in [0.4, 0.5) is 13.2 Å². The molecule has 0 saturated heterocycles. The molecule has 5 heteroatoms. The van der Waals surface area contributed by atoms with Crippen LogP contribution in [0.2, 0.25) is 0 Å². The molecule has 2 nitrogen and oxygen atoms in total. The quantitative estimate of drug-likeness (QED) is 0.919. The lowest BCUT2D eigenvalue weighted by atomic mass is 10.2. The Bertz CT molecular complexity index is 589. The topological polar surface area (TPSA) is 29.5 Å². The summed E-state index contributed by atoms with van der Waals surface area (Å²) in [6, 6.07) is 5.83. The first-order valence-electron chi connectivity index (χ1n) is 5.54. The van der Waals surface area contributed by atoms with Gasteiger partial charge in [-0.1, -0.05) is 6.07 Å². The number of hydrogen-bond acceptors (Lipinski definition) is 2. The van der Waals surface area contributed by atoms with Gasteiger partial charge in [-0.3, -0.25) is 0 Å². The molecule has 0 amide bonds. The van der Waals surface area contributed by atoms with Gasteiger partial charge in [0.25, 0.3) is 0 Å². The van der Waals surface area contributed by atoms with Crippen molar-refractivity contribution in [3.05, 3.63) is 58.9 Å². The first kappa shape index (κ1) is 13.4. The number of ether oxygens (including phenoxy) is 1. The largest absolute Gasteiger partial charge is 0.451 e. The molecule has 2 aromatic carbocycles. The molecule has 0 bridgehead atoms. The van der Waals surface area contributed by atoms with E-state index in [-0.39, 0.29) is 11.3 Å². The zero-order valence-electron chi connectivity index (χ0n) is 10.1. The van der Waals surface area contributed by atoms with Gasteiger partial charge in [0.15, 0.2) is 17.4 Å². The van der Waals surface area contributed by atoms with Crippen LogP contribution in [0.3, 0.4) is 0 Å². The first-order chi connectivity index (χ1) is 9.01. The fourth-order valence-electron chi connectivity index (χ4n) is 1.56. The minimum atomic E-state index is -0.954. The molecule has 1 N–H and O–H groups in total. The lowest BCUT2D eigenvalue weighted by molar-refractivity contribution is 0.279. The normalized spacial score (nSPS) is 10.6. The molecule has 0 spiro atoms. The molecule has 2 aromatic rings. The van der Waals surface area contributed by atoms with Crippen LogP contribution in [0, 0.1) is 24.4 Å². The highest BCUT2D eigenvalue weighted by Gasteiger charge is 2.14. The molecule has 2 rings (SSSR count). The lowest BCUT2D eigenvalue weighted by Crippen LogP contribution is -1.96. The number of hydrogen-bond donors (Lipinski definition) is 1. The average Bonchev–Trinajstić information content (AvgIpc) is 2.37. The fraction of sp³-hybridized carbons (Fsp3) is 0.143. The molecule has 0 unspecified atom stereocenters. The van der Waals surface area contributed by atoms with E-state index in [1.807, 2.05) is 0 Å². The Morgan fingerprint density at radius 1 is 1.00 bits per heavy atom. The zero-order valence-corrected chi connectivity index (χ0v) is 10.1. The van der Waals surface area contributed by atoms with Crippen LogP contribution in [-0.2, 0) is 6.61 Å². The Labute approximate surface area is 108 Å². The van der Waals surface area contributed by atoms with Gasteiger partial charge < -0.3 is 9.84 Å². The second-order valence-corrected chi connectivity index (χ2v) is 4.06. The van der Waals surface area contributed by atoms with Gasteiger partial charge in [0.05, 0.1) is 6.61 Å². The lowest BCUT2D eigenvalue weighted by Gasteiger charge is -2.09. The Hall–Kier alpha value is -2.01. The van der Waals surface area contributed by atoms with Gasteiger partial charge in [0.2, 0.25) is 0 Å². The van der Waals surface area contributed by atoms with Gasteiger partial charge in [0, 0.05) is 6.07 Å². The van der Waals surface area contributed by atoms with Gasteiger partial charge >= 0.3 is 0 Å². The highest BCUT2D eigenvalue weighted by Crippen LogP contribution is 2.29. The Balaban J connectivity index is 2.35. The van der Waals surface area contributed by atoms with Crippen molar-refractivity contribution in [2.45, 2.75) is 13.5 Å². The molecule has 0 fully saturated rings. The Morgan fingerprint density at radius 3 is 2.16 bits per heavy atom. The maximum atomic E-state index is 13.6. The van der Waals surface area contributed by atoms with Gasteiger partial charge in [-0.15, -0.1) is 0 Å². The number of benzene rings is 2. The Morgan fingerprint density at radius 2 is 1.63 bits per heavy atom. The number of aliphatic hydroxyl groups excluding tert-OH is 1. The molecule has 0 saturated carbocycles. The monoisotopic (exact) mass is 268 g/mol. The molecule has 100 valence electrons. The highest BCUT2D eigenvalue weighted by atomic mass is 19.1. The van der Waals surface area contributed by atoms with Gasteiger partial charge in [-0.05, 0) is 36.2 Å².